The fourth-order valence-corrected chi connectivity index (χ4v) is 3.11. The fraction of sp³-hybridized carbons (Fsp3) is 0.643. The molecule has 1 aromatic heterocycles. The van der Waals surface area contributed by atoms with Gasteiger partial charge in [0.05, 0.1) is 31.5 Å². The maximum Gasteiger partial charge on any atom is 0.237 e. The number of carbonyl (C=O) groups excluding carboxylic acids is 1. The second-order valence-corrected chi connectivity index (χ2v) is 7.97. The summed E-state index contributed by atoms with van der Waals surface area (Å²) in [4.78, 5) is 23.6. The number of likely N-dealkylation sites (N-methyl/N-ethyl adjacent to an activating group) is 1. The highest BCUT2D eigenvalue weighted by Crippen LogP contribution is 2.24. The largest absolute Gasteiger partial charge is 0.386 e. The van der Waals surface area contributed by atoms with E-state index in [0.29, 0.717) is 18.9 Å². The number of nitrogens with zero attached hydrogens (tertiary/aromatic N) is 4. The first-order valence-electron chi connectivity index (χ1n) is 7.61. The van der Waals surface area contributed by atoms with Crippen molar-refractivity contribution in [2.24, 2.45) is 0 Å². The zero-order valence-electron chi connectivity index (χ0n) is 13.8. The van der Waals surface area contributed by atoms with Crippen LogP contribution in [0.15, 0.2) is 18.5 Å². The van der Waals surface area contributed by atoms with Crippen LogP contribution in [0.3, 0.4) is 0 Å². The van der Waals surface area contributed by atoms with Gasteiger partial charge in [-0.2, -0.15) is 0 Å². The van der Waals surface area contributed by atoms with Crippen molar-refractivity contribution < 1.29 is 18.3 Å². The second kappa shape index (κ2) is 7.41. The molecule has 2 N–H and O–H groups in total. The Hall–Kier alpha value is -1.78. The first-order valence-corrected chi connectivity index (χ1v) is 9.51. The van der Waals surface area contributed by atoms with Gasteiger partial charge in [-0.1, -0.05) is 0 Å². The van der Waals surface area contributed by atoms with E-state index in [0.717, 1.165) is 19.2 Å². The van der Waals surface area contributed by atoms with Gasteiger partial charge in [-0.25, -0.2) is 23.1 Å². The van der Waals surface area contributed by atoms with Crippen LogP contribution in [0.4, 0.5) is 5.95 Å². The Balaban J connectivity index is 1.96. The van der Waals surface area contributed by atoms with Gasteiger partial charge >= 0.3 is 0 Å². The Morgan fingerprint density at radius 1 is 1.46 bits per heavy atom. The summed E-state index contributed by atoms with van der Waals surface area (Å²) < 4.78 is 24.3. The minimum atomic E-state index is -3.43. The molecular weight excluding hydrogens is 334 g/mol. The molecule has 0 bridgehead atoms. The Labute approximate surface area is 141 Å². The molecule has 2 heterocycles. The summed E-state index contributed by atoms with van der Waals surface area (Å²) in [5.74, 6) is 0.144. The van der Waals surface area contributed by atoms with Crippen molar-refractivity contribution in [1.82, 2.24) is 19.6 Å². The van der Waals surface area contributed by atoms with E-state index in [1.165, 1.54) is 4.90 Å². The monoisotopic (exact) mass is 357 g/mol. The summed E-state index contributed by atoms with van der Waals surface area (Å²) in [5, 5.41) is 10.8. The molecule has 1 atom stereocenters. The SMILES string of the molecule is CN(C[C@]1(O)CCCN(c2ncccn2)C1)C(=O)CNS(C)(=O)=O. The summed E-state index contributed by atoms with van der Waals surface area (Å²) in [6.45, 7) is 0.839. The van der Waals surface area contributed by atoms with Crippen molar-refractivity contribution in [2.75, 3.05) is 44.4 Å². The van der Waals surface area contributed by atoms with Gasteiger partial charge in [0, 0.05) is 26.0 Å². The van der Waals surface area contributed by atoms with Gasteiger partial charge in [-0.15, -0.1) is 0 Å². The average molecular weight is 357 g/mol. The third-order valence-electron chi connectivity index (χ3n) is 3.83. The first-order chi connectivity index (χ1) is 11.2. The number of amides is 1. The van der Waals surface area contributed by atoms with Crippen LogP contribution < -0.4 is 9.62 Å². The zero-order valence-corrected chi connectivity index (χ0v) is 14.7. The van der Waals surface area contributed by atoms with Crippen LogP contribution >= 0.6 is 0 Å². The molecule has 0 radical (unpaired) electrons. The van der Waals surface area contributed by atoms with Gasteiger partial charge < -0.3 is 14.9 Å². The highest BCUT2D eigenvalue weighted by molar-refractivity contribution is 7.88. The van der Waals surface area contributed by atoms with Crippen molar-refractivity contribution in [2.45, 2.75) is 18.4 Å². The highest BCUT2D eigenvalue weighted by Gasteiger charge is 2.36. The molecule has 1 aliphatic rings. The molecule has 1 aromatic rings. The first kappa shape index (κ1) is 18.6. The molecule has 1 saturated heterocycles. The number of sulfonamides is 1. The van der Waals surface area contributed by atoms with Gasteiger partial charge in [-0.3, -0.25) is 4.79 Å². The fourth-order valence-electron chi connectivity index (χ4n) is 2.72. The predicted octanol–water partition coefficient (Wildman–Crippen LogP) is -1.18. The van der Waals surface area contributed by atoms with Crippen LogP contribution in [-0.4, -0.2) is 79.4 Å². The number of nitrogens with one attached hydrogen (secondary N) is 1. The van der Waals surface area contributed by atoms with E-state index in [4.69, 9.17) is 0 Å². The van der Waals surface area contributed by atoms with Gasteiger partial charge in [0.2, 0.25) is 21.9 Å². The number of carbonyl (C=O) groups is 1. The molecule has 9 nitrogen and oxygen atoms in total. The molecule has 0 spiro atoms. The van der Waals surface area contributed by atoms with E-state index in [2.05, 4.69) is 14.7 Å². The van der Waals surface area contributed by atoms with Crippen LogP contribution in [0.2, 0.25) is 0 Å². The van der Waals surface area contributed by atoms with Crippen LogP contribution in [-0.2, 0) is 14.8 Å². The topological polar surface area (TPSA) is 116 Å². The minimum Gasteiger partial charge on any atom is -0.386 e. The van der Waals surface area contributed by atoms with Crippen molar-refractivity contribution in [1.29, 1.82) is 0 Å². The van der Waals surface area contributed by atoms with E-state index >= 15 is 0 Å². The van der Waals surface area contributed by atoms with Gasteiger partial charge in [0.15, 0.2) is 0 Å². The lowest BCUT2D eigenvalue weighted by atomic mass is 9.92. The van der Waals surface area contributed by atoms with Crippen LogP contribution in [0.1, 0.15) is 12.8 Å². The number of hydrogen-bond acceptors (Lipinski definition) is 7. The Kier molecular flexibility index (Phi) is 5.73. The molecular formula is C14H23N5O4S. The zero-order chi connectivity index (χ0) is 17.8. The van der Waals surface area contributed by atoms with Crippen molar-refractivity contribution >= 4 is 21.9 Å². The lowest BCUT2D eigenvalue weighted by Gasteiger charge is -2.41. The molecule has 1 fully saturated rings. The molecule has 0 aromatic carbocycles. The van der Waals surface area contributed by atoms with Crippen molar-refractivity contribution in [3.8, 4) is 0 Å². The highest BCUT2D eigenvalue weighted by atomic mass is 32.2. The van der Waals surface area contributed by atoms with Crippen LogP contribution in [0, 0.1) is 0 Å². The molecule has 134 valence electrons. The molecule has 10 heteroatoms. The number of hydrogen-bond donors (Lipinski definition) is 2. The van der Waals surface area contributed by atoms with E-state index in [9.17, 15) is 18.3 Å². The van der Waals surface area contributed by atoms with Gasteiger partial charge in [0.25, 0.3) is 0 Å². The molecule has 1 aliphatic heterocycles. The molecule has 24 heavy (non-hydrogen) atoms. The maximum atomic E-state index is 12.0. The lowest BCUT2D eigenvalue weighted by molar-refractivity contribution is -0.132. The molecule has 2 rings (SSSR count). The summed E-state index contributed by atoms with van der Waals surface area (Å²) >= 11 is 0. The number of β-amino-alcohol motifs (C(OH)–C–C–N with tert-alkyl or cyclic N) is 1. The molecule has 0 unspecified atom stereocenters. The summed E-state index contributed by atoms with van der Waals surface area (Å²) in [6, 6.07) is 1.72. The van der Waals surface area contributed by atoms with E-state index < -0.39 is 21.5 Å². The normalized spacial score (nSPS) is 21.5. The van der Waals surface area contributed by atoms with Gasteiger partial charge in [-0.05, 0) is 18.9 Å². The molecule has 0 saturated carbocycles. The summed E-state index contributed by atoms with van der Waals surface area (Å²) in [7, 11) is -1.89. The Morgan fingerprint density at radius 2 is 2.12 bits per heavy atom. The maximum absolute atomic E-state index is 12.0. The minimum absolute atomic E-state index is 0.112. The van der Waals surface area contributed by atoms with Crippen LogP contribution in [0.5, 0.6) is 0 Å². The number of aliphatic hydroxyl groups is 1. The Morgan fingerprint density at radius 3 is 2.75 bits per heavy atom. The predicted molar refractivity (Wildman–Crippen MR) is 88.9 cm³/mol. The number of piperidine rings is 1. The third-order valence-corrected chi connectivity index (χ3v) is 4.50. The standard InChI is InChI=1S/C14H23N5O4S/c1-18(12(20)9-17-24(2,22)23)10-14(21)5-3-8-19(11-14)13-15-6-4-7-16-13/h4,6-7,17,21H,3,5,8-11H2,1-2H3/t14-/m1/s1. The quantitative estimate of drug-likeness (QED) is 0.658. The molecule has 1 amide bonds. The smallest absolute Gasteiger partial charge is 0.237 e. The third kappa shape index (κ3) is 5.39. The number of aromatic nitrogens is 2. The Bertz CT molecular complexity index is 669. The van der Waals surface area contributed by atoms with Crippen molar-refractivity contribution in [3.63, 3.8) is 0 Å². The van der Waals surface area contributed by atoms with Gasteiger partial charge in [0.1, 0.15) is 0 Å². The second-order valence-electron chi connectivity index (χ2n) is 6.14. The number of anilines is 1. The van der Waals surface area contributed by atoms with Crippen molar-refractivity contribution in [3.05, 3.63) is 18.5 Å². The van der Waals surface area contributed by atoms with E-state index in [1.807, 2.05) is 4.90 Å². The average Bonchev–Trinajstić information content (AvgIpc) is 2.52. The van der Waals surface area contributed by atoms with Crippen LogP contribution in [0.25, 0.3) is 0 Å². The lowest BCUT2D eigenvalue weighted by Crippen LogP contribution is -2.55. The summed E-state index contributed by atoms with van der Waals surface area (Å²) in [6.07, 6.45) is 5.57. The van der Waals surface area contributed by atoms with E-state index in [-0.39, 0.29) is 13.1 Å². The number of rotatable bonds is 6. The molecule has 0 aliphatic carbocycles. The van der Waals surface area contributed by atoms with E-state index in [1.54, 1.807) is 25.5 Å². The summed E-state index contributed by atoms with van der Waals surface area (Å²) in [5.41, 5.74) is -1.09.